The SMILES string of the molecule is CCC=CCC=CCC=CCC=CCCCCCCC(=O)O[C@@H](CO)COC(=O)CCCCCCCCCCCCC. The summed E-state index contributed by atoms with van der Waals surface area (Å²) in [5.74, 6) is -0.622. The number of aliphatic hydroxyl groups is 1. The van der Waals surface area contributed by atoms with Gasteiger partial charge in [0.15, 0.2) is 6.10 Å². The summed E-state index contributed by atoms with van der Waals surface area (Å²) in [4.78, 5) is 24.1. The summed E-state index contributed by atoms with van der Waals surface area (Å²) in [6, 6.07) is 0. The molecule has 0 aliphatic carbocycles. The largest absolute Gasteiger partial charge is 0.462 e. The fraction of sp³-hybridized carbons (Fsp3) is 0.730. The summed E-state index contributed by atoms with van der Waals surface area (Å²) < 4.78 is 10.5. The van der Waals surface area contributed by atoms with Crippen LogP contribution < -0.4 is 0 Å². The Morgan fingerprint density at radius 2 is 1.02 bits per heavy atom. The Bertz CT molecular complexity index is 722. The zero-order valence-corrected chi connectivity index (χ0v) is 27.2. The van der Waals surface area contributed by atoms with E-state index in [1.807, 2.05) is 0 Å². The van der Waals surface area contributed by atoms with Crippen LogP contribution in [0, 0.1) is 0 Å². The van der Waals surface area contributed by atoms with E-state index < -0.39 is 6.10 Å². The number of rotatable bonds is 30. The highest BCUT2D eigenvalue weighted by Crippen LogP contribution is 2.13. The number of unbranched alkanes of at least 4 members (excludes halogenated alkanes) is 14. The average molecular weight is 589 g/mol. The number of ether oxygens (including phenoxy) is 2. The monoisotopic (exact) mass is 588 g/mol. The first kappa shape index (κ1) is 39.9. The molecule has 0 unspecified atom stereocenters. The molecular weight excluding hydrogens is 524 g/mol. The molecule has 42 heavy (non-hydrogen) atoms. The van der Waals surface area contributed by atoms with Crippen molar-refractivity contribution >= 4 is 11.9 Å². The van der Waals surface area contributed by atoms with E-state index >= 15 is 0 Å². The van der Waals surface area contributed by atoms with Crippen LogP contribution in [0.4, 0.5) is 0 Å². The van der Waals surface area contributed by atoms with E-state index in [1.54, 1.807) is 0 Å². The molecule has 0 aromatic rings. The second-order valence-corrected chi connectivity index (χ2v) is 11.2. The van der Waals surface area contributed by atoms with Gasteiger partial charge in [0, 0.05) is 12.8 Å². The summed E-state index contributed by atoms with van der Waals surface area (Å²) >= 11 is 0. The Hall–Kier alpha value is -2.14. The third kappa shape index (κ3) is 30.8. The van der Waals surface area contributed by atoms with Crippen LogP contribution in [-0.2, 0) is 19.1 Å². The number of esters is 2. The van der Waals surface area contributed by atoms with Crippen LogP contribution >= 0.6 is 0 Å². The lowest BCUT2D eigenvalue weighted by atomic mass is 10.1. The molecule has 0 aliphatic heterocycles. The number of allylic oxidation sites excluding steroid dienone is 8. The Kier molecular flexibility index (Phi) is 31.7. The van der Waals surface area contributed by atoms with Gasteiger partial charge in [-0.25, -0.2) is 0 Å². The van der Waals surface area contributed by atoms with Crippen LogP contribution in [0.25, 0.3) is 0 Å². The maximum atomic E-state index is 12.1. The zero-order valence-electron chi connectivity index (χ0n) is 27.2. The molecule has 0 aromatic heterocycles. The van der Waals surface area contributed by atoms with Crippen LogP contribution in [0.5, 0.6) is 0 Å². The molecule has 0 saturated carbocycles. The highest BCUT2D eigenvalue weighted by molar-refractivity contribution is 5.70. The van der Waals surface area contributed by atoms with Gasteiger partial charge in [0.1, 0.15) is 6.61 Å². The van der Waals surface area contributed by atoms with Crippen molar-refractivity contribution < 1.29 is 24.2 Å². The first-order valence-electron chi connectivity index (χ1n) is 17.2. The molecule has 0 amide bonds. The highest BCUT2D eigenvalue weighted by atomic mass is 16.6. The molecular formula is C37H64O5. The quantitative estimate of drug-likeness (QED) is 0.0513. The van der Waals surface area contributed by atoms with Gasteiger partial charge in [-0.05, 0) is 51.4 Å². The van der Waals surface area contributed by atoms with Crippen molar-refractivity contribution in [2.45, 2.75) is 161 Å². The van der Waals surface area contributed by atoms with Crippen LogP contribution in [0.2, 0.25) is 0 Å². The Morgan fingerprint density at radius 1 is 0.571 bits per heavy atom. The lowest BCUT2D eigenvalue weighted by Crippen LogP contribution is -2.28. The molecule has 0 heterocycles. The predicted octanol–water partition coefficient (Wildman–Crippen LogP) is 10.3. The molecule has 242 valence electrons. The maximum Gasteiger partial charge on any atom is 0.306 e. The third-order valence-corrected chi connectivity index (χ3v) is 7.14. The van der Waals surface area contributed by atoms with Gasteiger partial charge in [0.2, 0.25) is 0 Å². The van der Waals surface area contributed by atoms with Gasteiger partial charge in [0.05, 0.1) is 6.61 Å². The van der Waals surface area contributed by atoms with Crippen LogP contribution in [0.15, 0.2) is 48.6 Å². The van der Waals surface area contributed by atoms with Gasteiger partial charge in [-0.2, -0.15) is 0 Å². The number of aliphatic hydroxyl groups excluding tert-OH is 1. The van der Waals surface area contributed by atoms with Crippen LogP contribution in [-0.4, -0.2) is 36.4 Å². The molecule has 0 fully saturated rings. The van der Waals surface area contributed by atoms with E-state index in [2.05, 4.69) is 62.5 Å². The second-order valence-electron chi connectivity index (χ2n) is 11.2. The standard InChI is InChI=1S/C37H64O5/c1-3-5-7-9-11-13-15-16-17-18-19-20-22-24-26-28-30-32-37(40)42-35(33-38)34-41-36(39)31-29-27-25-23-21-14-12-10-8-6-4-2/h5,7,11,13,16-17,19-20,35,38H,3-4,6,8-10,12,14-15,18,21-34H2,1-2H3/t35-/m0/s1. The molecule has 0 aliphatic rings. The minimum absolute atomic E-state index is 0.0754. The lowest BCUT2D eigenvalue weighted by molar-refractivity contribution is -0.161. The molecule has 0 spiro atoms. The van der Waals surface area contributed by atoms with Crippen molar-refractivity contribution in [1.82, 2.24) is 0 Å². The lowest BCUT2D eigenvalue weighted by Gasteiger charge is -2.15. The summed E-state index contributed by atoms with van der Waals surface area (Å²) in [6.07, 6.45) is 40.2. The van der Waals surface area contributed by atoms with E-state index in [-0.39, 0.29) is 25.2 Å². The van der Waals surface area contributed by atoms with E-state index in [0.29, 0.717) is 12.8 Å². The normalized spacial score (nSPS) is 12.7. The molecule has 5 nitrogen and oxygen atoms in total. The molecule has 0 saturated heterocycles. The Morgan fingerprint density at radius 3 is 1.55 bits per heavy atom. The maximum absolute atomic E-state index is 12.1. The van der Waals surface area contributed by atoms with Crippen LogP contribution in [0.1, 0.15) is 155 Å². The first-order chi connectivity index (χ1) is 20.6. The molecule has 1 N–H and O–H groups in total. The van der Waals surface area contributed by atoms with Crippen molar-refractivity contribution in [1.29, 1.82) is 0 Å². The highest BCUT2D eigenvalue weighted by Gasteiger charge is 2.16. The van der Waals surface area contributed by atoms with Gasteiger partial charge >= 0.3 is 11.9 Å². The van der Waals surface area contributed by atoms with Gasteiger partial charge < -0.3 is 14.6 Å². The fourth-order valence-corrected chi connectivity index (χ4v) is 4.54. The van der Waals surface area contributed by atoms with Crippen molar-refractivity contribution in [2.75, 3.05) is 13.2 Å². The van der Waals surface area contributed by atoms with E-state index in [0.717, 1.165) is 77.0 Å². The molecule has 0 rings (SSSR count). The minimum atomic E-state index is -0.781. The Labute approximate surface area is 258 Å². The number of carbonyl (C=O) groups excluding carboxylic acids is 2. The van der Waals surface area contributed by atoms with Crippen LogP contribution in [0.3, 0.4) is 0 Å². The molecule has 0 radical (unpaired) electrons. The molecule has 0 aromatic carbocycles. The van der Waals surface area contributed by atoms with Gasteiger partial charge in [0.25, 0.3) is 0 Å². The fourth-order valence-electron chi connectivity index (χ4n) is 4.54. The van der Waals surface area contributed by atoms with Crippen molar-refractivity contribution in [3.8, 4) is 0 Å². The third-order valence-electron chi connectivity index (χ3n) is 7.14. The van der Waals surface area contributed by atoms with E-state index in [4.69, 9.17) is 9.47 Å². The number of hydrogen-bond donors (Lipinski definition) is 1. The van der Waals surface area contributed by atoms with Crippen molar-refractivity contribution in [3.05, 3.63) is 48.6 Å². The van der Waals surface area contributed by atoms with E-state index in [9.17, 15) is 14.7 Å². The van der Waals surface area contributed by atoms with Crippen molar-refractivity contribution in [2.24, 2.45) is 0 Å². The second kappa shape index (κ2) is 33.4. The minimum Gasteiger partial charge on any atom is -0.462 e. The number of carbonyl (C=O) groups is 2. The van der Waals surface area contributed by atoms with Gasteiger partial charge in [-0.15, -0.1) is 0 Å². The van der Waals surface area contributed by atoms with Crippen molar-refractivity contribution in [3.63, 3.8) is 0 Å². The molecule has 5 heteroatoms. The molecule has 1 atom stereocenters. The predicted molar refractivity (Wildman–Crippen MR) is 177 cm³/mol. The van der Waals surface area contributed by atoms with E-state index in [1.165, 1.54) is 51.4 Å². The average Bonchev–Trinajstić information content (AvgIpc) is 2.99. The number of hydrogen-bond acceptors (Lipinski definition) is 5. The topological polar surface area (TPSA) is 72.8 Å². The first-order valence-corrected chi connectivity index (χ1v) is 17.2. The van der Waals surface area contributed by atoms with Gasteiger partial charge in [-0.3, -0.25) is 9.59 Å². The van der Waals surface area contributed by atoms with Gasteiger partial charge in [-0.1, -0.05) is 140 Å². The summed E-state index contributed by atoms with van der Waals surface area (Å²) in [7, 11) is 0. The zero-order chi connectivity index (χ0) is 30.8. The Balaban J connectivity index is 3.65. The smallest absolute Gasteiger partial charge is 0.306 e. The summed E-state index contributed by atoms with van der Waals surface area (Å²) in [5.41, 5.74) is 0. The summed E-state index contributed by atoms with van der Waals surface area (Å²) in [6.45, 7) is 3.98. The summed E-state index contributed by atoms with van der Waals surface area (Å²) in [5, 5.41) is 9.50. The molecule has 0 bridgehead atoms.